The third-order valence-electron chi connectivity index (χ3n) is 5.19. The molecule has 0 saturated heterocycles. The summed E-state index contributed by atoms with van der Waals surface area (Å²) in [5.41, 5.74) is 1.95. The Morgan fingerprint density at radius 3 is 1.30 bits per heavy atom. The normalized spacial score (nSPS) is 11.3. The molecule has 0 aliphatic heterocycles. The molecule has 0 amide bonds. The summed E-state index contributed by atoms with van der Waals surface area (Å²) < 4.78 is 56.3. The molecule has 0 aromatic heterocycles. The Hall–Kier alpha value is -3.34. The predicted octanol–water partition coefficient (Wildman–Crippen LogP) is 5.56. The van der Waals surface area contributed by atoms with E-state index in [0.717, 1.165) is 16.7 Å². The van der Waals surface area contributed by atoms with E-state index in [1.54, 1.807) is 0 Å². The standard InChI is InChI=1S/C25H16BF4/c27-21-16-20(22(28)24(30)23(21)29)26-25(17-10-4-1-5-11-17,18-12-6-2-7-13-18)19-14-8-3-9-15-19/h1-16H. The zero-order valence-electron chi connectivity index (χ0n) is 15.8. The van der Waals surface area contributed by atoms with E-state index in [0.29, 0.717) is 6.07 Å². The van der Waals surface area contributed by atoms with Crippen LogP contribution in [0.4, 0.5) is 17.6 Å². The molecule has 147 valence electrons. The van der Waals surface area contributed by atoms with Crippen molar-refractivity contribution in [2.45, 2.75) is 5.31 Å². The molecule has 30 heavy (non-hydrogen) atoms. The van der Waals surface area contributed by atoms with Crippen molar-refractivity contribution in [1.29, 1.82) is 0 Å². The number of halogens is 4. The van der Waals surface area contributed by atoms with Crippen LogP contribution < -0.4 is 5.46 Å². The highest BCUT2D eigenvalue weighted by Gasteiger charge is 2.39. The molecular formula is C25H16BF4. The predicted molar refractivity (Wildman–Crippen MR) is 111 cm³/mol. The summed E-state index contributed by atoms with van der Waals surface area (Å²) in [7, 11) is 1.45. The second kappa shape index (κ2) is 8.19. The first-order valence-electron chi connectivity index (χ1n) is 9.39. The third-order valence-corrected chi connectivity index (χ3v) is 5.19. The summed E-state index contributed by atoms with van der Waals surface area (Å²) in [5, 5.41) is -1.07. The highest BCUT2D eigenvalue weighted by molar-refractivity contribution is 6.59. The molecular weight excluding hydrogens is 387 g/mol. The van der Waals surface area contributed by atoms with Crippen LogP contribution in [0.3, 0.4) is 0 Å². The fourth-order valence-electron chi connectivity index (χ4n) is 3.78. The van der Waals surface area contributed by atoms with E-state index in [4.69, 9.17) is 0 Å². The van der Waals surface area contributed by atoms with E-state index in [1.807, 2.05) is 91.0 Å². The van der Waals surface area contributed by atoms with Crippen LogP contribution in [0, 0.1) is 23.3 Å². The zero-order chi connectivity index (χ0) is 21.1. The molecule has 0 saturated carbocycles. The molecule has 0 fully saturated rings. The lowest BCUT2D eigenvalue weighted by Gasteiger charge is -2.36. The van der Waals surface area contributed by atoms with E-state index >= 15 is 0 Å². The van der Waals surface area contributed by atoms with Crippen molar-refractivity contribution in [2.75, 3.05) is 0 Å². The Balaban J connectivity index is 2.04. The summed E-state index contributed by atoms with van der Waals surface area (Å²) >= 11 is 0. The van der Waals surface area contributed by atoms with Gasteiger partial charge in [0.15, 0.2) is 30.5 Å². The van der Waals surface area contributed by atoms with Gasteiger partial charge in [0.05, 0.1) is 0 Å². The van der Waals surface area contributed by atoms with Crippen LogP contribution in [0.2, 0.25) is 0 Å². The van der Waals surface area contributed by atoms with Gasteiger partial charge in [0, 0.05) is 5.31 Å². The van der Waals surface area contributed by atoms with Gasteiger partial charge in [0.1, 0.15) is 0 Å². The van der Waals surface area contributed by atoms with Crippen LogP contribution >= 0.6 is 0 Å². The Bertz CT molecular complexity index is 1050. The van der Waals surface area contributed by atoms with Crippen molar-refractivity contribution in [2.24, 2.45) is 0 Å². The lowest BCUT2D eigenvalue weighted by Crippen LogP contribution is -2.44. The molecule has 4 aromatic rings. The fraction of sp³-hybridized carbons (Fsp3) is 0.0400. The molecule has 1 radical (unpaired) electrons. The van der Waals surface area contributed by atoms with Gasteiger partial charge in [-0.2, -0.15) is 0 Å². The molecule has 0 bridgehead atoms. The van der Waals surface area contributed by atoms with Crippen LogP contribution in [0.25, 0.3) is 0 Å². The van der Waals surface area contributed by atoms with Crippen molar-refractivity contribution in [3.05, 3.63) is 137 Å². The fourth-order valence-corrected chi connectivity index (χ4v) is 3.78. The maximum atomic E-state index is 14.7. The Labute approximate surface area is 173 Å². The molecule has 4 rings (SSSR count). The topological polar surface area (TPSA) is 0 Å². The first-order valence-corrected chi connectivity index (χ1v) is 9.39. The van der Waals surface area contributed by atoms with E-state index in [-0.39, 0.29) is 5.46 Å². The lowest BCUT2D eigenvalue weighted by atomic mass is 9.41. The average Bonchev–Trinajstić information content (AvgIpc) is 2.81. The Morgan fingerprint density at radius 2 is 0.900 bits per heavy atom. The number of hydrogen-bond acceptors (Lipinski definition) is 0. The number of benzene rings is 4. The molecule has 0 atom stereocenters. The van der Waals surface area contributed by atoms with Crippen LogP contribution in [0.15, 0.2) is 97.1 Å². The molecule has 0 nitrogen and oxygen atoms in total. The average molecular weight is 403 g/mol. The van der Waals surface area contributed by atoms with Gasteiger partial charge in [-0.1, -0.05) is 91.0 Å². The summed E-state index contributed by atoms with van der Waals surface area (Å²) in [4.78, 5) is 0. The van der Waals surface area contributed by atoms with Gasteiger partial charge >= 0.3 is 0 Å². The molecule has 0 unspecified atom stereocenters. The first kappa shape index (κ1) is 20.0. The molecule has 0 spiro atoms. The summed E-state index contributed by atoms with van der Waals surface area (Å²) in [6, 6.07) is 28.5. The minimum Gasteiger partial charge on any atom is -0.204 e. The second-order valence-electron chi connectivity index (χ2n) is 6.94. The van der Waals surface area contributed by atoms with Gasteiger partial charge in [-0.25, -0.2) is 17.6 Å². The van der Waals surface area contributed by atoms with Crippen molar-refractivity contribution in [3.63, 3.8) is 0 Å². The number of rotatable bonds is 5. The molecule has 5 heteroatoms. The van der Waals surface area contributed by atoms with Crippen LogP contribution in [-0.2, 0) is 5.31 Å². The summed E-state index contributed by atoms with van der Waals surface area (Å²) in [6.45, 7) is 0. The monoisotopic (exact) mass is 403 g/mol. The minimum atomic E-state index is -1.83. The molecule has 0 aliphatic carbocycles. The quantitative estimate of drug-likeness (QED) is 0.135. The molecule has 0 heterocycles. The highest BCUT2D eigenvalue weighted by Crippen LogP contribution is 2.38. The SMILES string of the molecule is Fc1cc([B]C(c2ccccc2)(c2ccccc2)c2ccccc2)c(F)c(F)c1F. The van der Waals surface area contributed by atoms with Crippen molar-refractivity contribution in [3.8, 4) is 0 Å². The van der Waals surface area contributed by atoms with E-state index in [1.165, 1.54) is 7.28 Å². The van der Waals surface area contributed by atoms with Gasteiger partial charge in [0.25, 0.3) is 0 Å². The van der Waals surface area contributed by atoms with Crippen LogP contribution in [0.5, 0.6) is 0 Å². The number of hydrogen-bond donors (Lipinski definition) is 0. The third kappa shape index (κ3) is 3.41. The van der Waals surface area contributed by atoms with Gasteiger partial charge < -0.3 is 0 Å². The van der Waals surface area contributed by atoms with Gasteiger partial charge in [-0.05, 0) is 28.2 Å². The highest BCUT2D eigenvalue weighted by atomic mass is 19.2. The smallest absolute Gasteiger partial charge is 0.197 e. The Morgan fingerprint density at radius 1 is 0.500 bits per heavy atom. The van der Waals surface area contributed by atoms with Crippen LogP contribution in [-0.4, -0.2) is 7.28 Å². The lowest BCUT2D eigenvalue weighted by molar-refractivity contribution is 0.412. The molecule has 0 aliphatic rings. The van der Waals surface area contributed by atoms with Gasteiger partial charge in [-0.15, -0.1) is 0 Å². The van der Waals surface area contributed by atoms with E-state index in [2.05, 4.69) is 0 Å². The summed E-state index contributed by atoms with van der Waals surface area (Å²) in [6.07, 6.45) is 0. The van der Waals surface area contributed by atoms with Crippen molar-refractivity contribution < 1.29 is 17.6 Å². The largest absolute Gasteiger partial charge is 0.204 e. The Kier molecular flexibility index (Phi) is 5.45. The molecule has 4 aromatic carbocycles. The van der Waals surface area contributed by atoms with Crippen molar-refractivity contribution >= 4 is 12.7 Å². The maximum absolute atomic E-state index is 14.7. The molecule has 0 N–H and O–H groups in total. The van der Waals surface area contributed by atoms with Gasteiger partial charge in [0.2, 0.25) is 0 Å². The summed E-state index contributed by atoms with van der Waals surface area (Å²) in [5.74, 6) is -6.52. The zero-order valence-corrected chi connectivity index (χ0v) is 15.8. The van der Waals surface area contributed by atoms with Crippen molar-refractivity contribution in [1.82, 2.24) is 0 Å². The van der Waals surface area contributed by atoms with Crippen LogP contribution in [0.1, 0.15) is 16.7 Å². The maximum Gasteiger partial charge on any atom is 0.197 e. The van der Waals surface area contributed by atoms with E-state index in [9.17, 15) is 17.6 Å². The second-order valence-corrected chi connectivity index (χ2v) is 6.94. The van der Waals surface area contributed by atoms with Gasteiger partial charge in [-0.3, -0.25) is 0 Å². The van der Waals surface area contributed by atoms with E-state index < -0.39 is 28.6 Å². The first-order chi connectivity index (χ1) is 14.5. The minimum absolute atomic E-state index is 0.358.